The third kappa shape index (κ3) is 6.19. The number of amides is 2. The topological polar surface area (TPSA) is 122 Å². The van der Waals surface area contributed by atoms with Gasteiger partial charge in [-0.15, -0.1) is 0 Å². The summed E-state index contributed by atoms with van der Waals surface area (Å²) in [5.74, 6) is 0.514. The van der Waals surface area contributed by atoms with Gasteiger partial charge in [0.1, 0.15) is 11.6 Å². The highest BCUT2D eigenvalue weighted by Gasteiger charge is 2.43. The molecule has 0 saturated carbocycles. The van der Waals surface area contributed by atoms with E-state index in [1.165, 1.54) is 40.3 Å². The van der Waals surface area contributed by atoms with Gasteiger partial charge in [-0.2, -0.15) is 0 Å². The third-order valence-corrected chi connectivity index (χ3v) is 5.81. The van der Waals surface area contributed by atoms with E-state index in [9.17, 15) is 14.4 Å². The molecule has 0 aliphatic carbocycles. The highest BCUT2D eigenvalue weighted by Crippen LogP contribution is 2.48. The molecule has 3 rings (SSSR count). The van der Waals surface area contributed by atoms with Gasteiger partial charge in [0.25, 0.3) is 5.91 Å². The second-order valence-corrected chi connectivity index (χ2v) is 9.69. The van der Waals surface area contributed by atoms with E-state index in [-0.39, 0.29) is 17.4 Å². The molecule has 2 atom stereocenters. The molecule has 0 radical (unpaired) electrons. The summed E-state index contributed by atoms with van der Waals surface area (Å²) in [6, 6.07) is 6.69. The van der Waals surface area contributed by atoms with Crippen molar-refractivity contribution < 1.29 is 42.8 Å². The number of anilines is 1. The van der Waals surface area contributed by atoms with Gasteiger partial charge in [0.05, 0.1) is 40.2 Å². The molecule has 11 nitrogen and oxygen atoms in total. The molecule has 1 heterocycles. The molecule has 210 valence electrons. The van der Waals surface area contributed by atoms with Crippen LogP contribution in [-0.4, -0.2) is 58.1 Å². The Morgan fingerprint density at radius 3 is 2.03 bits per heavy atom. The number of nitrogens with one attached hydrogen (secondary N) is 1. The second-order valence-electron chi connectivity index (χ2n) is 9.69. The number of methoxy groups -OCH3 is 4. The Bertz CT molecular complexity index is 1260. The van der Waals surface area contributed by atoms with Crippen LogP contribution in [0.4, 0.5) is 10.5 Å². The third-order valence-electron chi connectivity index (χ3n) is 5.81. The summed E-state index contributed by atoms with van der Waals surface area (Å²) in [6.45, 7) is 10.6. The smallest absolute Gasteiger partial charge is 0.408 e. The lowest BCUT2D eigenvalue weighted by atomic mass is 9.88. The Kier molecular flexibility index (Phi) is 8.63. The average molecular weight is 543 g/mol. The van der Waals surface area contributed by atoms with Gasteiger partial charge >= 0.3 is 12.1 Å². The summed E-state index contributed by atoms with van der Waals surface area (Å²) in [5, 5.41) is 2.45. The first-order valence-electron chi connectivity index (χ1n) is 12.1. The number of esters is 1. The predicted octanol–water partition coefficient (Wildman–Crippen LogP) is 4.18. The normalized spacial score (nSPS) is 15.6. The van der Waals surface area contributed by atoms with E-state index in [4.69, 9.17) is 28.4 Å². The number of alkyl carbamates (subject to hydrolysis) is 1. The molecule has 39 heavy (non-hydrogen) atoms. The van der Waals surface area contributed by atoms with E-state index in [0.29, 0.717) is 34.1 Å². The molecule has 1 unspecified atom stereocenters. The number of carbonyl (C=O) groups is 3. The Labute approximate surface area is 227 Å². The molecule has 1 N–H and O–H groups in total. The molecule has 0 bridgehead atoms. The monoisotopic (exact) mass is 542 g/mol. The van der Waals surface area contributed by atoms with Gasteiger partial charge in [-0.05, 0) is 45.4 Å². The largest absolute Gasteiger partial charge is 0.493 e. The number of hydrogen-bond acceptors (Lipinski definition) is 9. The Balaban J connectivity index is 1.90. The van der Waals surface area contributed by atoms with Crippen LogP contribution in [0.25, 0.3) is 0 Å². The summed E-state index contributed by atoms with van der Waals surface area (Å²) in [6.07, 6.45) is -0.752. The van der Waals surface area contributed by atoms with Crippen molar-refractivity contribution >= 4 is 23.7 Å². The zero-order valence-corrected chi connectivity index (χ0v) is 23.4. The summed E-state index contributed by atoms with van der Waals surface area (Å²) in [5.41, 5.74) is 0.727. The maximum Gasteiger partial charge on any atom is 0.408 e. The molecule has 1 fully saturated rings. The Morgan fingerprint density at radius 1 is 0.923 bits per heavy atom. The minimum atomic E-state index is -1.01. The highest BCUT2D eigenvalue weighted by atomic mass is 16.6. The summed E-state index contributed by atoms with van der Waals surface area (Å²) in [4.78, 5) is 39.3. The van der Waals surface area contributed by atoms with Crippen molar-refractivity contribution in [3.8, 4) is 28.7 Å². The van der Waals surface area contributed by atoms with Crippen LogP contribution in [0.15, 0.2) is 42.5 Å². The van der Waals surface area contributed by atoms with Crippen LogP contribution < -0.4 is 33.9 Å². The van der Waals surface area contributed by atoms with Crippen LogP contribution in [0.2, 0.25) is 0 Å². The van der Waals surface area contributed by atoms with Crippen molar-refractivity contribution in [1.82, 2.24) is 5.32 Å². The minimum absolute atomic E-state index is 0.106. The van der Waals surface area contributed by atoms with Crippen LogP contribution in [0.1, 0.15) is 39.3 Å². The van der Waals surface area contributed by atoms with Gasteiger partial charge in [-0.25, -0.2) is 9.59 Å². The van der Waals surface area contributed by atoms with E-state index in [1.54, 1.807) is 51.1 Å². The molecular weight excluding hydrogens is 508 g/mol. The molecule has 0 aromatic heterocycles. The molecule has 2 amide bonds. The average Bonchev–Trinajstić information content (AvgIpc) is 2.88. The van der Waals surface area contributed by atoms with Crippen molar-refractivity contribution in [2.75, 3.05) is 33.3 Å². The standard InChI is InChI=1S/C28H34N2O9/c1-15-23(30(25(15)31)18-13-21(35-7)24(37-9)22(14-18)36-8)17-10-11-19(34-6)20(12-17)38-26(32)16(2)29-27(33)39-28(3,4)5/h10-14,16,23H,1H2,2-9H3,(H,29,33)/t16?,23-/m1/s1. The number of β-lactam (4-membered cyclic amide) rings is 1. The van der Waals surface area contributed by atoms with Crippen molar-refractivity contribution in [2.24, 2.45) is 0 Å². The molecule has 2 aromatic rings. The van der Waals surface area contributed by atoms with Crippen molar-refractivity contribution in [3.05, 3.63) is 48.0 Å². The molecule has 1 saturated heterocycles. The van der Waals surface area contributed by atoms with Crippen LogP contribution >= 0.6 is 0 Å². The number of benzene rings is 2. The molecule has 1 aliphatic heterocycles. The number of nitrogens with zero attached hydrogens (tertiary/aromatic N) is 1. The van der Waals surface area contributed by atoms with E-state index in [0.717, 1.165) is 0 Å². The molecule has 11 heteroatoms. The van der Waals surface area contributed by atoms with Gasteiger partial charge < -0.3 is 33.7 Å². The fourth-order valence-corrected chi connectivity index (χ4v) is 3.98. The van der Waals surface area contributed by atoms with Gasteiger partial charge in [0.2, 0.25) is 5.75 Å². The van der Waals surface area contributed by atoms with Crippen LogP contribution in [0.5, 0.6) is 28.7 Å². The number of carbonyl (C=O) groups excluding carboxylic acids is 3. The van der Waals surface area contributed by atoms with Gasteiger partial charge in [0, 0.05) is 17.7 Å². The lowest BCUT2D eigenvalue weighted by molar-refractivity contribution is -0.136. The molecule has 2 aromatic carbocycles. The van der Waals surface area contributed by atoms with E-state index < -0.39 is 29.7 Å². The molecular formula is C28H34N2O9. The van der Waals surface area contributed by atoms with Crippen molar-refractivity contribution in [3.63, 3.8) is 0 Å². The zero-order valence-electron chi connectivity index (χ0n) is 23.4. The highest BCUT2D eigenvalue weighted by molar-refractivity contribution is 6.15. The minimum Gasteiger partial charge on any atom is -0.493 e. The maximum atomic E-state index is 12.9. The van der Waals surface area contributed by atoms with Crippen molar-refractivity contribution in [2.45, 2.75) is 45.4 Å². The lowest BCUT2D eigenvalue weighted by Crippen LogP contribution is -2.48. The molecule has 1 aliphatic rings. The first kappa shape index (κ1) is 29.2. The van der Waals surface area contributed by atoms with Gasteiger partial charge in [0.15, 0.2) is 23.0 Å². The van der Waals surface area contributed by atoms with Gasteiger partial charge in [-0.3, -0.25) is 9.69 Å². The van der Waals surface area contributed by atoms with Gasteiger partial charge in [-0.1, -0.05) is 12.6 Å². The van der Waals surface area contributed by atoms with E-state index in [2.05, 4.69) is 11.9 Å². The zero-order chi connectivity index (χ0) is 29.1. The maximum absolute atomic E-state index is 12.9. The second kappa shape index (κ2) is 11.5. The SMILES string of the molecule is C=C1C(=O)N(c2cc(OC)c(OC)c(OC)c2)[C@H]1c1ccc(OC)c(OC(=O)C(C)NC(=O)OC(C)(C)C)c1. The lowest BCUT2D eigenvalue weighted by Gasteiger charge is -2.42. The van der Waals surface area contributed by atoms with Crippen LogP contribution in [-0.2, 0) is 14.3 Å². The summed E-state index contributed by atoms with van der Waals surface area (Å²) >= 11 is 0. The van der Waals surface area contributed by atoms with Crippen molar-refractivity contribution in [1.29, 1.82) is 0 Å². The van der Waals surface area contributed by atoms with Crippen LogP contribution in [0.3, 0.4) is 0 Å². The first-order valence-corrected chi connectivity index (χ1v) is 12.1. The van der Waals surface area contributed by atoms with E-state index >= 15 is 0 Å². The van der Waals surface area contributed by atoms with Crippen LogP contribution in [0, 0.1) is 0 Å². The number of rotatable bonds is 9. The fraction of sp³-hybridized carbons (Fsp3) is 0.393. The summed E-state index contributed by atoms with van der Waals surface area (Å²) in [7, 11) is 5.89. The first-order chi connectivity index (χ1) is 18.3. The Hall–Kier alpha value is -4.41. The quantitative estimate of drug-likeness (QED) is 0.215. The number of ether oxygens (including phenoxy) is 6. The fourth-order valence-electron chi connectivity index (χ4n) is 3.98. The molecule has 0 spiro atoms. The number of hydrogen-bond donors (Lipinski definition) is 1. The van der Waals surface area contributed by atoms with E-state index in [1.807, 2.05) is 0 Å². The predicted molar refractivity (Wildman–Crippen MR) is 143 cm³/mol. The summed E-state index contributed by atoms with van der Waals surface area (Å²) < 4.78 is 32.4. The Morgan fingerprint density at radius 2 is 1.51 bits per heavy atom.